The number of aromatic nitrogens is 3. The Morgan fingerprint density at radius 1 is 1.16 bits per heavy atom. The zero-order chi connectivity index (χ0) is 17.4. The fourth-order valence-corrected chi connectivity index (χ4v) is 3.42. The van der Waals surface area contributed by atoms with Crippen LogP contribution in [-0.4, -0.2) is 25.8 Å². The molecule has 0 saturated carbocycles. The summed E-state index contributed by atoms with van der Waals surface area (Å²) in [6.45, 7) is 3.77. The third-order valence-electron chi connectivity index (χ3n) is 3.90. The molecule has 0 fully saturated rings. The Kier molecular flexibility index (Phi) is 3.66. The van der Waals surface area contributed by atoms with Crippen molar-refractivity contribution in [1.29, 1.82) is 0 Å². The van der Waals surface area contributed by atoms with Gasteiger partial charge in [-0.1, -0.05) is 55.1 Å². The van der Waals surface area contributed by atoms with Gasteiger partial charge >= 0.3 is 5.97 Å². The van der Waals surface area contributed by atoms with Crippen molar-refractivity contribution in [3.05, 3.63) is 71.7 Å². The maximum atomic E-state index is 11.1. The molecule has 2 aromatic heterocycles. The van der Waals surface area contributed by atoms with Crippen molar-refractivity contribution in [3.8, 4) is 16.4 Å². The summed E-state index contributed by atoms with van der Waals surface area (Å²) in [5.74, 6) is -1.04. The monoisotopic (exact) mass is 347 g/mol. The Bertz CT molecular complexity index is 1090. The molecule has 4 aromatic rings. The third-order valence-corrected chi connectivity index (χ3v) is 4.72. The number of para-hydroxylation sites is 1. The van der Waals surface area contributed by atoms with Gasteiger partial charge in [0.15, 0.2) is 5.69 Å². The molecule has 0 bridgehead atoms. The first-order valence-electron chi connectivity index (χ1n) is 7.57. The van der Waals surface area contributed by atoms with Gasteiger partial charge in [-0.3, -0.25) is 0 Å². The van der Waals surface area contributed by atoms with Gasteiger partial charge in [0.1, 0.15) is 5.69 Å². The first-order chi connectivity index (χ1) is 12.2. The molecule has 0 atom stereocenters. The molecule has 0 amide bonds. The lowest BCUT2D eigenvalue weighted by Crippen LogP contribution is -2.00. The van der Waals surface area contributed by atoms with Crippen LogP contribution in [0.4, 0.5) is 0 Å². The minimum atomic E-state index is -1.04. The van der Waals surface area contributed by atoms with E-state index in [9.17, 15) is 4.79 Å². The van der Waals surface area contributed by atoms with E-state index in [0.29, 0.717) is 5.13 Å². The van der Waals surface area contributed by atoms with Gasteiger partial charge in [0.05, 0.1) is 5.52 Å². The van der Waals surface area contributed by atoms with Gasteiger partial charge in [0.2, 0.25) is 5.13 Å². The van der Waals surface area contributed by atoms with Crippen LogP contribution in [0.3, 0.4) is 0 Å². The molecule has 1 N–H and O–H groups in total. The quantitative estimate of drug-likeness (QED) is 0.590. The summed E-state index contributed by atoms with van der Waals surface area (Å²) in [4.78, 5) is 15.3. The number of rotatable bonds is 4. The second-order valence-electron chi connectivity index (χ2n) is 5.42. The molecule has 0 aliphatic rings. The summed E-state index contributed by atoms with van der Waals surface area (Å²) in [6.07, 6.45) is 1.80. The molecule has 2 heterocycles. The maximum Gasteiger partial charge on any atom is 0.355 e. The molecule has 6 heteroatoms. The summed E-state index contributed by atoms with van der Waals surface area (Å²) >= 11 is 1.26. The van der Waals surface area contributed by atoms with Gasteiger partial charge in [-0.25, -0.2) is 14.5 Å². The summed E-state index contributed by atoms with van der Waals surface area (Å²) in [7, 11) is 0. The fraction of sp³-hybridized carbons (Fsp3) is 0. The average Bonchev–Trinajstić information content (AvgIpc) is 3.27. The molecule has 5 nitrogen and oxygen atoms in total. The molecule has 0 unspecified atom stereocenters. The van der Waals surface area contributed by atoms with Crippen LogP contribution in [0, 0.1) is 0 Å². The van der Waals surface area contributed by atoms with Crippen LogP contribution in [-0.2, 0) is 0 Å². The number of fused-ring (bicyclic) bond motifs is 1. The van der Waals surface area contributed by atoms with E-state index in [-0.39, 0.29) is 5.69 Å². The minimum Gasteiger partial charge on any atom is -0.476 e. The van der Waals surface area contributed by atoms with Crippen molar-refractivity contribution in [2.45, 2.75) is 0 Å². The maximum absolute atomic E-state index is 11.1. The highest BCUT2D eigenvalue weighted by atomic mass is 32.1. The van der Waals surface area contributed by atoms with Crippen molar-refractivity contribution in [2.24, 2.45) is 0 Å². The predicted molar refractivity (Wildman–Crippen MR) is 99.2 cm³/mol. The second-order valence-corrected chi connectivity index (χ2v) is 6.26. The molecule has 0 aliphatic heterocycles. The summed E-state index contributed by atoms with van der Waals surface area (Å²) < 4.78 is 1.70. The Balaban J connectivity index is 1.91. The molecule has 122 valence electrons. The van der Waals surface area contributed by atoms with Gasteiger partial charge in [-0.2, -0.15) is 5.10 Å². The zero-order valence-corrected chi connectivity index (χ0v) is 13.9. The third kappa shape index (κ3) is 2.62. The topological polar surface area (TPSA) is 68.0 Å². The van der Waals surface area contributed by atoms with E-state index in [0.717, 1.165) is 27.7 Å². The molecule has 2 aromatic carbocycles. The molecule has 0 saturated heterocycles. The number of carboxylic acids is 1. The van der Waals surface area contributed by atoms with Gasteiger partial charge in [0, 0.05) is 16.3 Å². The summed E-state index contributed by atoms with van der Waals surface area (Å²) in [5, 5.41) is 16.8. The number of hydrogen-bond acceptors (Lipinski definition) is 4. The number of nitrogens with zero attached hydrogens (tertiary/aromatic N) is 3. The highest BCUT2D eigenvalue weighted by Gasteiger charge is 2.16. The van der Waals surface area contributed by atoms with Gasteiger partial charge in [0.25, 0.3) is 0 Å². The van der Waals surface area contributed by atoms with Crippen molar-refractivity contribution in [1.82, 2.24) is 14.8 Å². The highest BCUT2D eigenvalue weighted by Crippen LogP contribution is 2.30. The zero-order valence-electron chi connectivity index (χ0n) is 13.1. The Morgan fingerprint density at radius 3 is 2.60 bits per heavy atom. The predicted octanol–water partition coefficient (Wildman–Crippen LogP) is 4.49. The first kappa shape index (κ1) is 15.3. The van der Waals surface area contributed by atoms with E-state index >= 15 is 0 Å². The van der Waals surface area contributed by atoms with E-state index in [1.807, 2.05) is 48.5 Å². The Labute approximate surface area is 147 Å². The lowest BCUT2D eigenvalue weighted by Gasteiger charge is -1.99. The molecule has 0 aliphatic carbocycles. The first-order valence-corrected chi connectivity index (χ1v) is 8.45. The van der Waals surface area contributed by atoms with Gasteiger partial charge in [-0.15, -0.1) is 11.3 Å². The largest absolute Gasteiger partial charge is 0.476 e. The van der Waals surface area contributed by atoms with E-state index in [1.165, 1.54) is 16.7 Å². The normalized spacial score (nSPS) is 10.9. The SMILES string of the molecule is C=Cc1ccc(-c2nn(-c3nc(C(=O)O)cs3)c3ccccc23)cc1. The Morgan fingerprint density at radius 2 is 1.92 bits per heavy atom. The van der Waals surface area contributed by atoms with E-state index in [1.54, 1.807) is 10.8 Å². The molecule has 25 heavy (non-hydrogen) atoms. The molecular weight excluding hydrogens is 334 g/mol. The number of benzene rings is 2. The van der Waals surface area contributed by atoms with E-state index < -0.39 is 5.97 Å². The van der Waals surface area contributed by atoms with E-state index in [2.05, 4.69) is 11.6 Å². The summed E-state index contributed by atoms with van der Waals surface area (Å²) in [6, 6.07) is 15.8. The standard InChI is InChI=1S/C19H13N3O2S/c1-2-12-7-9-13(10-8-12)17-14-5-3-4-6-16(14)22(21-17)19-20-15(11-25-19)18(23)24/h2-11H,1H2,(H,23,24). The van der Waals surface area contributed by atoms with Crippen LogP contribution in [0.5, 0.6) is 0 Å². The number of hydrogen-bond donors (Lipinski definition) is 1. The van der Waals surface area contributed by atoms with Crippen molar-refractivity contribution in [3.63, 3.8) is 0 Å². The second kappa shape index (κ2) is 5.99. The molecular formula is C19H13N3O2S. The van der Waals surface area contributed by atoms with Crippen LogP contribution < -0.4 is 0 Å². The average molecular weight is 347 g/mol. The lowest BCUT2D eigenvalue weighted by atomic mass is 10.1. The molecule has 4 rings (SSSR count). The number of carboxylic acid groups (broad SMARTS) is 1. The van der Waals surface area contributed by atoms with Gasteiger partial charge in [-0.05, 0) is 11.6 Å². The van der Waals surface area contributed by atoms with Crippen LogP contribution >= 0.6 is 11.3 Å². The summed E-state index contributed by atoms with van der Waals surface area (Å²) in [5.41, 5.74) is 3.76. The van der Waals surface area contributed by atoms with Crippen molar-refractivity contribution >= 4 is 34.3 Å². The van der Waals surface area contributed by atoms with Crippen LogP contribution in [0.25, 0.3) is 33.4 Å². The smallest absolute Gasteiger partial charge is 0.355 e. The van der Waals surface area contributed by atoms with Crippen molar-refractivity contribution in [2.75, 3.05) is 0 Å². The lowest BCUT2D eigenvalue weighted by molar-refractivity contribution is 0.0691. The Hall–Kier alpha value is -3.25. The fourth-order valence-electron chi connectivity index (χ4n) is 2.66. The number of aromatic carboxylic acids is 1. The van der Waals surface area contributed by atoms with E-state index in [4.69, 9.17) is 10.2 Å². The minimum absolute atomic E-state index is 0.0245. The molecule has 0 spiro atoms. The van der Waals surface area contributed by atoms with Crippen LogP contribution in [0.15, 0.2) is 60.5 Å². The number of thiazole rings is 1. The van der Waals surface area contributed by atoms with Crippen LogP contribution in [0.1, 0.15) is 16.1 Å². The number of carbonyl (C=O) groups is 1. The van der Waals surface area contributed by atoms with Crippen LogP contribution in [0.2, 0.25) is 0 Å². The van der Waals surface area contributed by atoms with Gasteiger partial charge < -0.3 is 5.11 Å². The van der Waals surface area contributed by atoms with Crippen molar-refractivity contribution < 1.29 is 9.90 Å². The molecule has 0 radical (unpaired) electrons. The highest BCUT2D eigenvalue weighted by molar-refractivity contribution is 7.12.